The van der Waals surface area contributed by atoms with Gasteiger partial charge in [0.15, 0.2) is 17.5 Å². The minimum atomic E-state index is -0.897. The van der Waals surface area contributed by atoms with Gasteiger partial charge in [0, 0.05) is 55.1 Å². The van der Waals surface area contributed by atoms with Crippen molar-refractivity contribution >= 4 is 11.9 Å². The number of rotatable bonds is 12. The number of aromatic nitrogens is 1. The van der Waals surface area contributed by atoms with Crippen LogP contribution in [0, 0.1) is 24.0 Å². The van der Waals surface area contributed by atoms with Crippen molar-refractivity contribution in [1.82, 2.24) is 20.5 Å². The predicted molar refractivity (Wildman–Crippen MR) is 168 cm³/mol. The molecule has 1 aromatic heterocycles. The molecule has 6 nitrogen and oxygen atoms in total. The van der Waals surface area contributed by atoms with Crippen molar-refractivity contribution in [3.8, 4) is 23.5 Å². The number of halogens is 2. The van der Waals surface area contributed by atoms with E-state index < -0.39 is 17.7 Å². The molecule has 0 aliphatic carbocycles. The molecule has 4 rings (SSSR count). The Morgan fingerprint density at radius 2 is 1.88 bits per heavy atom. The van der Waals surface area contributed by atoms with Crippen LogP contribution in [0.5, 0.6) is 0 Å². The molecule has 2 heterocycles. The highest BCUT2D eigenvalue weighted by atomic mass is 19.2. The zero-order valence-electron chi connectivity index (χ0n) is 24.4. The first kappa shape index (κ1) is 30.2. The van der Waals surface area contributed by atoms with Crippen LogP contribution in [0.3, 0.4) is 0 Å². The Kier molecular flexibility index (Phi) is 9.87. The van der Waals surface area contributed by atoms with Gasteiger partial charge in [0.25, 0.3) is 0 Å². The number of nitrogens with one attached hydrogen (secondary N) is 3. The topological polar surface area (TPSA) is 79.4 Å². The Morgan fingerprint density at radius 1 is 1.14 bits per heavy atom. The minimum Gasteiger partial charge on any atom is -0.398 e. The van der Waals surface area contributed by atoms with Crippen LogP contribution in [-0.2, 0) is 26.6 Å². The molecule has 0 radical (unpaired) electrons. The molecular formula is C34H38F2N6. The van der Waals surface area contributed by atoms with E-state index in [2.05, 4.69) is 95.4 Å². The summed E-state index contributed by atoms with van der Waals surface area (Å²) in [5.74, 6) is 1.42. The fourth-order valence-electron chi connectivity index (χ4n) is 4.93. The highest BCUT2D eigenvalue weighted by molar-refractivity contribution is 5.82. The fourth-order valence-corrected chi connectivity index (χ4v) is 4.93. The van der Waals surface area contributed by atoms with E-state index >= 15 is 0 Å². The number of benzene rings is 2. The van der Waals surface area contributed by atoms with Crippen LogP contribution in [0.1, 0.15) is 49.1 Å². The van der Waals surface area contributed by atoms with Crippen molar-refractivity contribution in [2.75, 3.05) is 0 Å². The maximum absolute atomic E-state index is 13.6. The molecule has 0 amide bonds. The summed E-state index contributed by atoms with van der Waals surface area (Å²) in [4.78, 5) is 4.53. The van der Waals surface area contributed by atoms with Gasteiger partial charge >= 0.3 is 0 Å². The lowest BCUT2D eigenvalue weighted by Gasteiger charge is -2.24. The van der Waals surface area contributed by atoms with E-state index in [4.69, 9.17) is 12.2 Å². The quantitative estimate of drug-likeness (QED) is 0.206. The van der Waals surface area contributed by atoms with E-state index in [1.165, 1.54) is 11.8 Å². The second-order valence-electron chi connectivity index (χ2n) is 10.2. The number of hydrogen-bond acceptors (Lipinski definition) is 5. The molecule has 0 saturated carbocycles. The molecule has 3 aromatic rings. The molecule has 0 saturated heterocycles. The molecule has 2 aromatic carbocycles. The highest BCUT2D eigenvalue weighted by Gasteiger charge is 2.19. The van der Waals surface area contributed by atoms with E-state index in [1.807, 2.05) is 0 Å². The van der Waals surface area contributed by atoms with Gasteiger partial charge < -0.3 is 26.3 Å². The normalized spacial score (nSPS) is 14.9. The van der Waals surface area contributed by atoms with Gasteiger partial charge in [-0.05, 0) is 41.7 Å². The van der Waals surface area contributed by atoms with Crippen LogP contribution in [0.15, 0.2) is 83.5 Å². The van der Waals surface area contributed by atoms with Crippen LogP contribution in [-0.4, -0.2) is 16.8 Å². The van der Waals surface area contributed by atoms with Crippen molar-refractivity contribution < 1.29 is 8.78 Å². The second-order valence-corrected chi connectivity index (χ2v) is 10.2. The summed E-state index contributed by atoms with van der Waals surface area (Å²) >= 11 is 0. The van der Waals surface area contributed by atoms with Gasteiger partial charge in [-0.1, -0.05) is 69.2 Å². The third-order valence-electron chi connectivity index (χ3n) is 7.09. The average molecular weight is 569 g/mol. The molecule has 0 fully saturated rings. The third-order valence-corrected chi connectivity index (χ3v) is 7.09. The lowest BCUT2D eigenvalue weighted by Crippen LogP contribution is -2.37. The van der Waals surface area contributed by atoms with Gasteiger partial charge in [-0.2, -0.15) is 0 Å². The van der Waals surface area contributed by atoms with Crippen LogP contribution in [0.4, 0.5) is 8.78 Å². The summed E-state index contributed by atoms with van der Waals surface area (Å²) in [7, 11) is 2.07. The summed E-state index contributed by atoms with van der Waals surface area (Å²) in [5.41, 5.74) is 14.7. The standard InChI is InChI=1S/C34H38F2N6/c1-6-9-30(37)32-27(21-42(5)31(32)10-7-2)25-14-11-23(12-15-25)18-39-34-33(41-26(8-3)20-40-34)22(4)38-19-24-13-16-28(35)29(36)17-24/h3,9,11-17,20-21,26,38-39,41H,4,6-7,10,18-19,37H2,1-2,5H3/b30-9+. The zero-order valence-corrected chi connectivity index (χ0v) is 24.4. The molecule has 8 heteroatoms. The SMILES string of the molecule is C#CC1C=NC(NCc2ccc(-c3cn(C)c(CCC)c3/C(N)=C\CC)cc2)=C(C(=C)NCc2ccc(F)c(F)c2)N1. The molecule has 1 atom stereocenters. The Labute approximate surface area is 247 Å². The molecule has 1 unspecified atom stereocenters. The monoisotopic (exact) mass is 568 g/mol. The van der Waals surface area contributed by atoms with Crippen LogP contribution < -0.4 is 21.7 Å². The zero-order chi connectivity index (χ0) is 30.2. The maximum atomic E-state index is 13.6. The fraction of sp³-hybridized carbons (Fsp3) is 0.265. The summed E-state index contributed by atoms with van der Waals surface area (Å²) in [6.07, 6.45) is 14.4. The first-order valence-corrected chi connectivity index (χ1v) is 14.1. The average Bonchev–Trinajstić information content (AvgIpc) is 3.32. The molecule has 42 heavy (non-hydrogen) atoms. The van der Waals surface area contributed by atoms with Crippen molar-refractivity contribution in [2.24, 2.45) is 17.8 Å². The summed E-state index contributed by atoms with van der Waals surface area (Å²) in [6.45, 7) is 9.14. The molecule has 0 spiro atoms. The first-order chi connectivity index (χ1) is 20.2. The van der Waals surface area contributed by atoms with Crippen LogP contribution >= 0.6 is 0 Å². The molecule has 1 aliphatic heterocycles. The largest absolute Gasteiger partial charge is 0.398 e. The van der Waals surface area contributed by atoms with Gasteiger partial charge in [0.1, 0.15) is 11.7 Å². The highest BCUT2D eigenvalue weighted by Crippen LogP contribution is 2.33. The van der Waals surface area contributed by atoms with Gasteiger partial charge in [-0.3, -0.25) is 0 Å². The second kappa shape index (κ2) is 13.7. The molecule has 1 aliphatic rings. The van der Waals surface area contributed by atoms with Crippen molar-refractivity contribution in [3.05, 3.63) is 113 Å². The lowest BCUT2D eigenvalue weighted by molar-refractivity contribution is 0.506. The molecule has 218 valence electrons. The van der Waals surface area contributed by atoms with E-state index in [0.29, 0.717) is 29.3 Å². The van der Waals surface area contributed by atoms with Crippen molar-refractivity contribution in [3.63, 3.8) is 0 Å². The lowest BCUT2D eigenvalue weighted by atomic mass is 9.97. The third kappa shape index (κ3) is 6.92. The van der Waals surface area contributed by atoms with E-state index in [-0.39, 0.29) is 6.54 Å². The van der Waals surface area contributed by atoms with Crippen molar-refractivity contribution in [1.29, 1.82) is 0 Å². The number of nitrogens with two attached hydrogens (primary N) is 1. The number of nitrogens with zero attached hydrogens (tertiary/aromatic N) is 2. The Hall–Kier alpha value is -4.77. The van der Waals surface area contributed by atoms with Gasteiger partial charge in [-0.15, -0.1) is 6.42 Å². The Bertz CT molecular complexity index is 1570. The summed E-state index contributed by atoms with van der Waals surface area (Å²) in [6, 6.07) is 11.8. The molecule has 5 N–H and O–H groups in total. The Balaban J connectivity index is 1.51. The predicted octanol–water partition coefficient (Wildman–Crippen LogP) is 5.87. The van der Waals surface area contributed by atoms with Gasteiger partial charge in [0.2, 0.25) is 0 Å². The van der Waals surface area contributed by atoms with E-state index in [1.54, 1.807) is 6.21 Å². The van der Waals surface area contributed by atoms with Crippen LogP contribution in [0.2, 0.25) is 0 Å². The van der Waals surface area contributed by atoms with Gasteiger partial charge in [0.05, 0.1) is 5.70 Å². The van der Waals surface area contributed by atoms with Crippen LogP contribution in [0.25, 0.3) is 16.8 Å². The van der Waals surface area contributed by atoms with E-state index in [0.717, 1.165) is 59.3 Å². The number of hydrogen-bond donors (Lipinski definition) is 4. The number of terminal acetylenes is 1. The Morgan fingerprint density at radius 3 is 2.55 bits per heavy atom. The summed E-state index contributed by atoms with van der Waals surface area (Å²) < 4.78 is 29.1. The van der Waals surface area contributed by atoms with E-state index in [9.17, 15) is 8.78 Å². The number of allylic oxidation sites excluding steroid dienone is 1. The van der Waals surface area contributed by atoms with Gasteiger partial charge in [-0.25, -0.2) is 13.8 Å². The number of aryl methyl sites for hydroxylation is 1. The molecular weight excluding hydrogens is 530 g/mol. The minimum absolute atomic E-state index is 0.250. The smallest absolute Gasteiger partial charge is 0.159 e. The van der Waals surface area contributed by atoms with Crippen molar-refractivity contribution in [2.45, 2.75) is 52.2 Å². The summed E-state index contributed by atoms with van der Waals surface area (Å²) in [5, 5.41) is 9.76. The number of aliphatic imine (C=N–C) groups is 1. The molecule has 0 bridgehead atoms. The first-order valence-electron chi connectivity index (χ1n) is 14.1. The maximum Gasteiger partial charge on any atom is 0.159 e.